The minimum atomic E-state index is -1.08. The van der Waals surface area contributed by atoms with E-state index in [4.69, 9.17) is 23.2 Å². The molecule has 1 aromatic heterocycles. The van der Waals surface area contributed by atoms with Gasteiger partial charge in [-0.05, 0) is 12.1 Å². The van der Waals surface area contributed by atoms with Gasteiger partial charge in [0.15, 0.2) is 21.9 Å². The van der Waals surface area contributed by atoms with Crippen molar-refractivity contribution in [2.75, 3.05) is 0 Å². The third-order valence-electron chi connectivity index (χ3n) is 1.65. The molecule has 0 aliphatic heterocycles. The fourth-order valence-corrected chi connectivity index (χ4v) is 1.28. The zero-order valence-corrected chi connectivity index (χ0v) is 8.07. The standard InChI is InChI=1S/C8H2Cl2F2N2/c9-7-8(10)14-6-4(13-7)2-1-3(11)5(6)12/h1-2H. The van der Waals surface area contributed by atoms with Crippen LogP contribution in [0.4, 0.5) is 8.78 Å². The predicted molar refractivity (Wildman–Crippen MR) is 49.5 cm³/mol. The summed E-state index contributed by atoms with van der Waals surface area (Å²) in [7, 11) is 0. The molecule has 0 spiro atoms. The van der Waals surface area contributed by atoms with E-state index in [2.05, 4.69) is 9.97 Å². The molecule has 14 heavy (non-hydrogen) atoms. The fraction of sp³-hybridized carbons (Fsp3) is 0. The smallest absolute Gasteiger partial charge is 0.186 e. The summed E-state index contributed by atoms with van der Waals surface area (Å²) in [4.78, 5) is 7.33. The van der Waals surface area contributed by atoms with E-state index in [9.17, 15) is 8.78 Å². The van der Waals surface area contributed by atoms with Crippen molar-refractivity contribution < 1.29 is 8.78 Å². The molecule has 0 saturated carbocycles. The first-order valence-electron chi connectivity index (χ1n) is 3.56. The summed E-state index contributed by atoms with van der Waals surface area (Å²) in [5.74, 6) is -2.07. The van der Waals surface area contributed by atoms with Gasteiger partial charge in [-0.3, -0.25) is 0 Å². The van der Waals surface area contributed by atoms with Crippen molar-refractivity contribution in [3.05, 3.63) is 34.1 Å². The molecule has 2 aromatic rings. The highest BCUT2D eigenvalue weighted by atomic mass is 35.5. The molecular formula is C8H2Cl2F2N2. The lowest BCUT2D eigenvalue weighted by Crippen LogP contribution is -1.93. The largest absolute Gasteiger partial charge is 0.231 e. The van der Waals surface area contributed by atoms with E-state index in [-0.39, 0.29) is 21.3 Å². The highest BCUT2D eigenvalue weighted by molar-refractivity contribution is 6.40. The summed E-state index contributed by atoms with van der Waals surface area (Å²) >= 11 is 11.1. The van der Waals surface area contributed by atoms with Crippen LogP contribution in [0.1, 0.15) is 0 Å². The molecule has 0 N–H and O–H groups in total. The average Bonchev–Trinajstić information content (AvgIpc) is 2.15. The monoisotopic (exact) mass is 234 g/mol. The van der Waals surface area contributed by atoms with Crippen molar-refractivity contribution in [3.8, 4) is 0 Å². The maximum absolute atomic E-state index is 13.1. The number of nitrogens with zero attached hydrogens (tertiary/aromatic N) is 2. The lowest BCUT2D eigenvalue weighted by Gasteiger charge is -2.00. The Morgan fingerprint density at radius 1 is 1.00 bits per heavy atom. The van der Waals surface area contributed by atoms with Crippen molar-refractivity contribution in [1.29, 1.82) is 0 Å². The van der Waals surface area contributed by atoms with Crippen LogP contribution in [0.15, 0.2) is 12.1 Å². The number of halogens is 4. The van der Waals surface area contributed by atoms with Crippen LogP contribution in [-0.2, 0) is 0 Å². The minimum absolute atomic E-state index is 0.0369. The number of hydrogen-bond acceptors (Lipinski definition) is 2. The zero-order valence-electron chi connectivity index (χ0n) is 6.56. The molecule has 2 rings (SSSR count). The molecule has 0 aliphatic carbocycles. The first-order chi connectivity index (χ1) is 6.59. The fourth-order valence-electron chi connectivity index (χ4n) is 1.02. The maximum atomic E-state index is 13.1. The Labute approximate surface area is 87.5 Å². The molecule has 1 aromatic carbocycles. The van der Waals surface area contributed by atoms with Crippen LogP contribution in [0.2, 0.25) is 10.3 Å². The summed E-state index contributed by atoms with van der Waals surface area (Å²) in [6.45, 7) is 0. The molecule has 72 valence electrons. The predicted octanol–water partition coefficient (Wildman–Crippen LogP) is 3.21. The van der Waals surface area contributed by atoms with Crippen molar-refractivity contribution >= 4 is 34.2 Å². The molecule has 0 aliphatic rings. The second-order valence-electron chi connectivity index (χ2n) is 2.53. The van der Waals surface area contributed by atoms with E-state index >= 15 is 0 Å². The van der Waals surface area contributed by atoms with E-state index in [1.807, 2.05) is 0 Å². The molecule has 0 unspecified atom stereocenters. The summed E-state index contributed by atoms with van der Waals surface area (Å²) < 4.78 is 25.9. The first kappa shape index (κ1) is 9.55. The molecule has 0 fully saturated rings. The van der Waals surface area contributed by atoms with Crippen molar-refractivity contribution in [3.63, 3.8) is 0 Å². The highest BCUT2D eigenvalue weighted by Gasteiger charge is 2.11. The average molecular weight is 235 g/mol. The molecule has 0 saturated heterocycles. The Balaban J connectivity index is 2.89. The van der Waals surface area contributed by atoms with Gasteiger partial charge in [0.2, 0.25) is 0 Å². The molecule has 0 atom stereocenters. The number of rotatable bonds is 0. The summed E-state index contributed by atoms with van der Waals surface area (Å²) in [5.41, 5.74) is -0.0577. The molecule has 1 heterocycles. The third kappa shape index (κ3) is 1.40. The van der Waals surface area contributed by atoms with Gasteiger partial charge in [0.25, 0.3) is 0 Å². The van der Waals surface area contributed by atoms with Crippen LogP contribution in [0, 0.1) is 11.6 Å². The lowest BCUT2D eigenvalue weighted by molar-refractivity contribution is 0.515. The molecule has 0 radical (unpaired) electrons. The lowest BCUT2D eigenvalue weighted by atomic mass is 10.3. The highest BCUT2D eigenvalue weighted by Crippen LogP contribution is 2.23. The van der Waals surface area contributed by atoms with Gasteiger partial charge in [-0.25, -0.2) is 18.7 Å². The second kappa shape index (κ2) is 3.29. The Hall–Kier alpha value is -1.00. The maximum Gasteiger partial charge on any atom is 0.186 e. The van der Waals surface area contributed by atoms with Crippen molar-refractivity contribution in [1.82, 2.24) is 9.97 Å². The topological polar surface area (TPSA) is 25.8 Å². The van der Waals surface area contributed by atoms with Crippen molar-refractivity contribution in [2.24, 2.45) is 0 Å². The van der Waals surface area contributed by atoms with Gasteiger partial charge in [0.1, 0.15) is 5.52 Å². The normalized spacial score (nSPS) is 10.9. The van der Waals surface area contributed by atoms with Gasteiger partial charge in [-0.15, -0.1) is 0 Å². The van der Waals surface area contributed by atoms with Gasteiger partial charge in [-0.2, -0.15) is 0 Å². The Morgan fingerprint density at radius 2 is 1.64 bits per heavy atom. The quantitative estimate of drug-likeness (QED) is 0.700. The summed E-state index contributed by atoms with van der Waals surface area (Å²) in [6.07, 6.45) is 0. The Kier molecular flexibility index (Phi) is 2.25. The van der Waals surface area contributed by atoms with Gasteiger partial charge in [0.05, 0.1) is 5.52 Å². The van der Waals surface area contributed by atoms with E-state index in [1.165, 1.54) is 6.07 Å². The second-order valence-corrected chi connectivity index (χ2v) is 3.25. The van der Waals surface area contributed by atoms with Crippen LogP contribution < -0.4 is 0 Å². The molecule has 0 bridgehead atoms. The van der Waals surface area contributed by atoms with Gasteiger partial charge < -0.3 is 0 Å². The number of fused-ring (bicyclic) bond motifs is 1. The Morgan fingerprint density at radius 3 is 2.36 bits per heavy atom. The van der Waals surface area contributed by atoms with E-state index in [0.717, 1.165) is 6.07 Å². The first-order valence-corrected chi connectivity index (χ1v) is 4.32. The summed E-state index contributed by atoms with van der Waals surface area (Å²) in [5, 5.41) is -0.186. The van der Waals surface area contributed by atoms with E-state index in [0.29, 0.717) is 0 Å². The van der Waals surface area contributed by atoms with Crippen LogP contribution in [0.3, 0.4) is 0 Å². The number of aromatic nitrogens is 2. The van der Waals surface area contributed by atoms with Crippen LogP contribution in [0.25, 0.3) is 11.0 Å². The van der Waals surface area contributed by atoms with Crippen LogP contribution >= 0.6 is 23.2 Å². The SMILES string of the molecule is Fc1ccc2nc(Cl)c(Cl)nc2c1F. The zero-order chi connectivity index (χ0) is 10.3. The van der Waals surface area contributed by atoms with Crippen LogP contribution in [0.5, 0.6) is 0 Å². The Bertz CT molecular complexity index is 516. The summed E-state index contributed by atoms with van der Waals surface area (Å²) in [6, 6.07) is 2.24. The third-order valence-corrected chi connectivity index (χ3v) is 2.27. The number of hydrogen-bond donors (Lipinski definition) is 0. The van der Waals surface area contributed by atoms with Gasteiger partial charge in [0, 0.05) is 0 Å². The molecule has 0 amide bonds. The number of benzene rings is 1. The molecule has 6 heteroatoms. The van der Waals surface area contributed by atoms with Gasteiger partial charge in [-0.1, -0.05) is 23.2 Å². The van der Waals surface area contributed by atoms with E-state index < -0.39 is 11.6 Å². The molecular weight excluding hydrogens is 233 g/mol. The molecule has 2 nitrogen and oxygen atoms in total. The van der Waals surface area contributed by atoms with Crippen molar-refractivity contribution in [2.45, 2.75) is 0 Å². The van der Waals surface area contributed by atoms with Gasteiger partial charge >= 0.3 is 0 Å². The van der Waals surface area contributed by atoms with E-state index in [1.54, 1.807) is 0 Å². The minimum Gasteiger partial charge on any atom is -0.231 e. The van der Waals surface area contributed by atoms with Crippen LogP contribution in [-0.4, -0.2) is 9.97 Å².